The fourth-order valence-corrected chi connectivity index (χ4v) is 3.46. The number of Topliss-reactive ketones (excluding diaryl/α,β-unsaturated/α-hetero) is 1. The number of hydrogen-bond acceptors (Lipinski definition) is 1. The van der Waals surface area contributed by atoms with Gasteiger partial charge in [-0.2, -0.15) is 0 Å². The molecule has 104 valence electrons. The molecule has 2 unspecified atom stereocenters. The van der Waals surface area contributed by atoms with Crippen LogP contribution in [0.4, 0.5) is 4.39 Å². The summed E-state index contributed by atoms with van der Waals surface area (Å²) in [5, 5.41) is 0.352. The molecule has 1 aromatic rings. The summed E-state index contributed by atoms with van der Waals surface area (Å²) in [5.74, 6) is 0.972. The highest BCUT2D eigenvalue weighted by atomic mass is 35.5. The Morgan fingerprint density at radius 2 is 1.89 bits per heavy atom. The molecule has 1 aromatic carbocycles. The zero-order valence-corrected chi connectivity index (χ0v) is 12.2. The second kappa shape index (κ2) is 6.04. The van der Waals surface area contributed by atoms with Gasteiger partial charge in [-0.15, -0.1) is 0 Å². The van der Waals surface area contributed by atoms with Gasteiger partial charge < -0.3 is 0 Å². The first-order valence-corrected chi connectivity index (χ1v) is 7.30. The highest BCUT2D eigenvalue weighted by Crippen LogP contribution is 2.34. The van der Waals surface area contributed by atoms with Crippen molar-refractivity contribution in [3.05, 3.63) is 34.6 Å². The zero-order valence-electron chi connectivity index (χ0n) is 11.5. The van der Waals surface area contributed by atoms with Crippen LogP contribution in [0.3, 0.4) is 0 Å². The molecule has 2 rings (SSSR count). The molecule has 1 nitrogen and oxygen atoms in total. The average molecular weight is 283 g/mol. The van der Waals surface area contributed by atoms with Crippen LogP contribution in [0.1, 0.15) is 38.7 Å². The lowest BCUT2D eigenvalue weighted by Gasteiger charge is -2.30. The van der Waals surface area contributed by atoms with E-state index in [-0.39, 0.29) is 23.9 Å². The molecule has 0 saturated heterocycles. The summed E-state index contributed by atoms with van der Waals surface area (Å²) in [6.07, 6.45) is 3.16. The number of rotatable bonds is 3. The summed E-state index contributed by atoms with van der Waals surface area (Å²) in [4.78, 5) is 12.3. The molecule has 0 heterocycles. The summed E-state index contributed by atoms with van der Waals surface area (Å²) in [7, 11) is 0. The van der Waals surface area contributed by atoms with Crippen LogP contribution in [0, 0.1) is 23.6 Å². The fourth-order valence-electron chi connectivity index (χ4n) is 3.23. The first kappa shape index (κ1) is 14.5. The van der Waals surface area contributed by atoms with Gasteiger partial charge in [0.2, 0.25) is 0 Å². The predicted molar refractivity (Wildman–Crippen MR) is 75.8 cm³/mol. The fraction of sp³-hybridized carbons (Fsp3) is 0.562. The largest absolute Gasteiger partial charge is 0.299 e. The van der Waals surface area contributed by atoms with Crippen LogP contribution >= 0.6 is 11.6 Å². The molecule has 0 spiro atoms. The van der Waals surface area contributed by atoms with Crippen molar-refractivity contribution in [2.24, 2.45) is 17.8 Å². The number of halogens is 2. The standard InChI is InChI=1S/C16H20ClFO/c1-10-6-11(2)8-12(7-10)16(19)9-13-14(17)4-3-5-15(13)18/h3-5,10-12H,6-9H2,1-2H3. The van der Waals surface area contributed by atoms with E-state index in [9.17, 15) is 9.18 Å². The Morgan fingerprint density at radius 1 is 1.26 bits per heavy atom. The number of ketones is 1. The molecular formula is C16H20ClFO. The second-order valence-electron chi connectivity index (χ2n) is 5.96. The van der Waals surface area contributed by atoms with Crippen molar-refractivity contribution in [3.63, 3.8) is 0 Å². The quantitative estimate of drug-likeness (QED) is 0.788. The van der Waals surface area contributed by atoms with E-state index >= 15 is 0 Å². The molecule has 0 N–H and O–H groups in total. The maximum Gasteiger partial charge on any atom is 0.140 e. The Labute approximate surface area is 119 Å². The van der Waals surface area contributed by atoms with E-state index in [2.05, 4.69) is 13.8 Å². The minimum Gasteiger partial charge on any atom is -0.299 e. The molecule has 1 fully saturated rings. The van der Waals surface area contributed by atoms with Crippen LogP contribution in [0.2, 0.25) is 5.02 Å². The summed E-state index contributed by atoms with van der Waals surface area (Å²) < 4.78 is 13.7. The maximum atomic E-state index is 13.7. The van der Waals surface area contributed by atoms with E-state index in [1.807, 2.05) is 0 Å². The molecule has 0 radical (unpaired) electrons. The Morgan fingerprint density at radius 3 is 2.47 bits per heavy atom. The number of benzene rings is 1. The second-order valence-corrected chi connectivity index (χ2v) is 6.36. The van der Waals surface area contributed by atoms with E-state index in [1.54, 1.807) is 12.1 Å². The van der Waals surface area contributed by atoms with E-state index in [1.165, 1.54) is 12.5 Å². The Hall–Kier alpha value is -0.890. The lowest BCUT2D eigenvalue weighted by molar-refractivity contribution is -0.124. The monoisotopic (exact) mass is 282 g/mol. The SMILES string of the molecule is CC1CC(C)CC(C(=O)Cc2c(F)cccc2Cl)C1. The summed E-state index contributed by atoms with van der Waals surface area (Å²) in [6.45, 7) is 4.37. The zero-order chi connectivity index (χ0) is 14.0. The van der Waals surface area contributed by atoms with Crippen LogP contribution in [0.5, 0.6) is 0 Å². The molecule has 1 saturated carbocycles. The highest BCUT2D eigenvalue weighted by Gasteiger charge is 2.29. The van der Waals surface area contributed by atoms with Crippen LogP contribution in [0.25, 0.3) is 0 Å². The molecule has 1 aliphatic rings. The first-order chi connectivity index (χ1) is 8.97. The predicted octanol–water partition coefficient (Wildman–Crippen LogP) is 4.66. The van der Waals surface area contributed by atoms with Gasteiger partial charge in [-0.3, -0.25) is 4.79 Å². The normalized spacial score (nSPS) is 27.3. The van der Waals surface area contributed by atoms with Crippen LogP contribution in [0.15, 0.2) is 18.2 Å². The topological polar surface area (TPSA) is 17.1 Å². The molecule has 0 aliphatic heterocycles. The van der Waals surface area contributed by atoms with Gasteiger partial charge in [-0.25, -0.2) is 4.39 Å². The van der Waals surface area contributed by atoms with Gasteiger partial charge in [0.1, 0.15) is 11.6 Å². The maximum absolute atomic E-state index is 13.7. The lowest BCUT2D eigenvalue weighted by Crippen LogP contribution is -2.27. The number of carbonyl (C=O) groups excluding carboxylic acids is 1. The third-order valence-corrected chi connectivity index (χ3v) is 4.40. The van der Waals surface area contributed by atoms with Crippen molar-refractivity contribution < 1.29 is 9.18 Å². The molecule has 0 aromatic heterocycles. The van der Waals surface area contributed by atoms with E-state index in [0.717, 1.165) is 12.8 Å². The van der Waals surface area contributed by atoms with Gasteiger partial charge in [0.05, 0.1) is 0 Å². The van der Waals surface area contributed by atoms with Gasteiger partial charge in [0.25, 0.3) is 0 Å². The third kappa shape index (κ3) is 3.56. The lowest BCUT2D eigenvalue weighted by atomic mass is 9.74. The molecule has 3 heteroatoms. The number of hydrogen-bond donors (Lipinski definition) is 0. The van der Waals surface area contributed by atoms with Gasteiger partial charge in [0, 0.05) is 22.9 Å². The summed E-state index contributed by atoms with van der Waals surface area (Å²) in [5.41, 5.74) is 0.347. The van der Waals surface area contributed by atoms with Gasteiger partial charge in [0.15, 0.2) is 0 Å². The van der Waals surface area contributed by atoms with E-state index in [0.29, 0.717) is 22.4 Å². The van der Waals surface area contributed by atoms with Gasteiger partial charge >= 0.3 is 0 Å². The van der Waals surface area contributed by atoms with Crippen molar-refractivity contribution in [2.45, 2.75) is 39.5 Å². The van der Waals surface area contributed by atoms with Gasteiger partial charge in [-0.05, 0) is 43.2 Å². The van der Waals surface area contributed by atoms with Crippen LogP contribution < -0.4 is 0 Å². The molecule has 2 atom stereocenters. The van der Waals surface area contributed by atoms with Crippen molar-refractivity contribution in [1.82, 2.24) is 0 Å². The van der Waals surface area contributed by atoms with Crippen molar-refractivity contribution in [2.75, 3.05) is 0 Å². The van der Waals surface area contributed by atoms with Crippen molar-refractivity contribution in [3.8, 4) is 0 Å². The molecule has 19 heavy (non-hydrogen) atoms. The van der Waals surface area contributed by atoms with E-state index in [4.69, 9.17) is 11.6 Å². The van der Waals surface area contributed by atoms with E-state index < -0.39 is 0 Å². The van der Waals surface area contributed by atoms with Gasteiger partial charge in [-0.1, -0.05) is 31.5 Å². The van der Waals surface area contributed by atoms with Crippen LogP contribution in [-0.4, -0.2) is 5.78 Å². The summed E-state index contributed by atoms with van der Waals surface area (Å²) >= 11 is 5.98. The first-order valence-electron chi connectivity index (χ1n) is 6.93. The molecule has 1 aliphatic carbocycles. The minimum absolute atomic E-state index is 0.0643. The molecule has 0 bridgehead atoms. The molecular weight excluding hydrogens is 263 g/mol. The number of carbonyl (C=O) groups is 1. The Kier molecular flexibility index (Phi) is 4.62. The smallest absolute Gasteiger partial charge is 0.140 e. The summed E-state index contributed by atoms with van der Waals surface area (Å²) in [6, 6.07) is 4.57. The Balaban J connectivity index is 2.08. The minimum atomic E-state index is -0.377. The molecule has 0 amide bonds. The average Bonchev–Trinajstić information content (AvgIpc) is 2.32. The van der Waals surface area contributed by atoms with Crippen molar-refractivity contribution >= 4 is 17.4 Å². The van der Waals surface area contributed by atoms with Crippen LogP contribution in [-0.2, 0) is 11.2 Å². The van der Waals surface area contributed by atoms with Crippen molar-refractivity contribution in [1.29, 1.82) is 0 Å². The Bertz CT molecular complexity index is 442. The third-order valence-electron chi connectivity index (χ3n) is 4.05. The highest BCUT2D eigenvalue weighted by molar-refractivity contribution is 6.31.